The number of anilines is 1. The molecule has 0 aliphatic carbocycles. The van der Waals surface area contributed by atoms with Gasteiger partial charge in [0.1, 0.15) is 4.90 Å². The minimum absolute atomic E-state index is 0.00642. The quantitative estimate of drug-likeness (QED) is 0.795. The minimum Gasteiger partial charge on any atom is -0.325 e. The number of piperazine rings is 1. The molecule has 1 N–H and O–H groups in total. The Morgan fingerprint density at radius 3 is 2.33 bits per heavy atom. The van der Waals surface area contributed by atoms with Crippen molar-refractivity contribution >= 4 is 44.8 Å². The van der Waals surface area contributed by atoms with Gasteiger partial charge in [-0.25, -0.2) is 8.42 Å². The summed E-state index contributed by atoms with van der Waals surface area (Å²) in [6.07, 6.45) is 0. The molecule has 2 aromatic rings. The second-order valence-electron chi connectivity index (χ2n) is 6.17. The highest BCUT2D eigenvalue weighted by Gasteiger charge is 2.30. The standard InChI is InChI=1S/C18H19Cl2N3O3S/c19-14-6-7-16(20)17(12-14)27(25,26)23-10-8-22(9-11-23)13-18(24)21-15-4-2-1-3-5-15/h1-7,12H,8-11,13H2,(H,21,24). The summed E-state index contributed by atoms with van der Waals surface area (Å²) in [7, 11) is -3.73. The lowest BCUT2D eigenvalue weighted by molar-refractivity contribution is -0.117. The van der Waals surface area contributed by atoms with E-state index in [1.807, 2.05) is 35.2 Å². The molecule has 1 fully saturated rings. The van der Waals surface area contributed by atoms with Gasteiger partial charge in [0.2, 0.25) is 15.9 Å². The predicted molar refractivity (Wildman–Crippen MR) is 107 cm³/mol. The number of amides is 1. The summed E-state index contributed by atoms with van der Waals surface area (Å²) < 4.78 is 27.0. The molecule has 144 valence electrons. The van der Waals surface area contributed by atoms with E-state index in [0.717, 1.165) is 5.69 Å². The SMILES string of the molecule is O=C(CN1CCN(S(=O)(=O)c2cc(Cl)ccc2Cl)CC1)Nc1ccccc1. The van der Waals surface area contributed by atoms with Gasteiger partial charge in [-0.15, -0.1) is 0 Å². The number of nitrogens with one attached hydrogen (secondary N) is 1. The fraction of sp³-hybridized carbons (Fsp3) is 0.278. The van der Waals surface area contributed by atoms with E-state index >= 15 is 0 Å². The Morgan fingerprint density at radius 2 is 1.67 bits per heavy atom. The Labute approximate surface area is 168 Å². The molecule has 6 nitrogen and oxygen atoms in total. The molecular formula is C18H19Cl2N3O3S. The molecule has 0 saturated carbocycles. The average Bonchev–Trinajstić information content (AvgIpc) is 2.65. The fourth-order valence-corrected chi connectivity index (χ4v) is 5.03. The van der Waals surface area contributed by atoms with Crippen LogP contribution < -0.4 is 5.32 Å². The van der Waals surface area contributed by atoms with Crippen LogP contribution in [-0.2, 0) is 14.8 Å². The molecule has 1 aliphatic heterocycles. The summed E-state index contributed by atoms with van der Waals surface area (Å²) in [5.41, 5.74) is 0.735. The van der Waals surface area contributed by atoms with Gasteiger partial charge < -0.3 is 5.32 Å². The zero-order chi connectivity index (χ0) is 19.4. The van der Waals surface area contributed by atoms with Crippen molar-refractivity contribution in [3.05, 3.63) is 58.6 Å². The molecule has 0 atom stereocenters. The van der Waals surface area contributed by atoms with E-state index in [4.69, 9.17) is 23.2 Å². The molecule has 1 heterocycles. The zero-order valence-corrected chi connectivity index (χ0v) is 16.8. The van der Waals surface area contributed by atoms with Gasteiger partial charge >= 0.3 is 0 Å². The average molecular weight is 428 g/mol. The smallest absolute Gasteiger partial charge is 0.244 e. The van der Waals surface area contributed by atoms with Crippen molar-refractivity contribution in [1.29, 1.82) is 0 Å². The van der Waals surface area contributed by atoms with Crippen molar-refractivity contribution in [2.45, 2.75) is 4.90 Å². The van der Waals surface area contributed by atoms with Crippen LogP contribution in [0.5, 0.6) is 0 Å². The van der Waals surface area contributed by atoms with Gasteiger partial charge in [-0.3, -0.25) is 9.69 Å². The van der Waals surface area contributed by atoms with Crippen LogP contribution in [0.25, 0.3) is 0 Å². The minimum atomic E-state index is -3.73. The van der Waals surface area contributed by atoms with Crippen LogP contribution in [0.4, 0.5) is 5.69 Å². The Balaban J connectivity index is 1.58. The van der Waals surface area contributed by atoms with Crippen LogP contribution in [0, 0.1) is 0 Å². The monoisotopic (exact) mass is 427 g/mol. The Hall–Kier alpha value is -1.64. The Kier molecular flexibility index (Phi) is 6.39. The van der Waals surface area contributed by atoms with Crippen LogP contribution >= 0.6 is 23.2 Å². The number of carbonyl (C=O) groups excluding carboxylic acids is 1. The summed E-state index contributed by atoms with van der Waals surface area (Å²) in [6.45, 7) is 1.69. The zero-order valence-electron chi connectivity index (χ0n) is 14.4. The molecule has 2 aromatic carbocycles. The first-order chi connectivity index (χ1) is 12.9. The van der Waals surface area contributed by atoms with Crippen LogP contribution in [0.15, 0.2) is 53.4 Å². The van der Waals surface area contributed by atoms with Gasteiger partial charge in [-0.1, -0.05) is 41.4 Å². The van der Waals surface area contributed by atoms with E-state index in [9.17, 15) is 13.2 Å². The first kappa shape index (κ1) is 20.1. The third-order valence-electron chi connectivity index (χ3n) is 4.27. The van der Waals surface area contributed by atoms with E-state index in [-0.39, 0.29) is 35.5 Å². The highest BCUT2D eigenvalue weighted by Crippen LogP contribution is 2.28. The molecule has 1 saturated heterocycles. The van der Waals surface area contributed by atoms with Gasteiger partial charge in [0.15, 0.2) is 0 Å². The Morgan fingerprint density at radius 1 is 1.00 bits per heavy atom. The maximum atomic E-state index is 12.8. The highest BCUT2D eigenvalue weighted by atomic mass is 35.5. The van der Waals surface area contributed by atoms with E-state index < -0.39 is 10.0 Å². The lowest BCUT2D eigenvalue weighted by Gasteiger charge is -2.33. The number of hydrogen-bond donors (Lipinski definition) is 1. The Bertz CT molecular complexity index is 915. The third-order valence-corrected chi connectivity index (χ3v) is 6.88. The maximum Gasteiger partial charge on any atom is 0.244 e. The lowest BCUT2D eigenvalue weighted by atomic mass is 10.3. The van der Waals surface area contributed by atoms with E-state index in [2.05, 4.69) is 5.32 Å². The molecule has 0 bridgehead atoms. The maximum absolute atomic E-state index is 12.8. The molecule has 0 aromatic heterocycles. The van der Waals surface area contributed by atoms with Crippen LogP contribution in [0.3, 0.4) is 0 Å². The number of nitrogens with zero attached hydrogens (tertiary/aromatic N) is 2. The number of para-hydroxylation sites is 1. The van der Waals surface area contributed by atoms with E-state index in [1.165, 1.54) is 16.4 Å². The van der Waals surface area contributed by atoms with Crippen molar-refractivity contribution in [2.24, 2.45) is 0 Å². The molecule has 1 amide bonds. The molecule has 27 heavy (non-hydrogen) atoms. The van der Waals surface area contributed by atoms with Crippen molar-refractivity contribution in [3.63, 3.8) is 0 Å². The molecule has 3 rings (SSSR count). The van der Waals surface area contributed by atoms with Gasteiger partial charge in [-0.05, 0) is 30.3 Å². The number of hydrogen-bond acceptors (Lipinski definition) is 4. The first-order valence-electron chi connectivity index (χ1n) is 8.39. The molecule has 1 aliphatic rings. The van der Waals surface area contributed by atoms with E-state index in [1.54, 1.807) is 6.07 Å². The topological polar surface area (TPSA) is 69.7 Å². The van der Waals surface area contributed by atoms with Gasteiger partial charge in [0, 0.05) is 36.9 Å². The summed E-state index contributed by atoms with van der Waals surface area (Å²) in [6, 6.07) is 13.6. The largest absolute Gasteiger partial charge is 0.325 e. The molecule has 9 heteroatoms. The number of carbonyl (C=O) groups is 1. The third kappa shape index (κ3) is 5.00. The second-order valence-corrected chi connectivity index (χ2v) is 8.92. The van der Waals surface area contributed by atoms with Crippen LogP contribution in [-0.4, -0.2) is 56.3 Å². The van der Waals surface area contributed by atoms with Crippen molar-refractivity contribution in [1.82, 2.24) is 9.21 Å². The summed E-state index contributed by atoms with van der Waals surface area (Å²) in [5, 5.41) is 3.28. The van der Waals surface area contributed by atoms with Gasteiger partial charge in [0.25, 0.3) is 0 Å². The molecule has 0 radical (unpaired) electrons. The van der Waals surface area contributed by atoms with Gasteiger partial charge in [-0.2, -0.15) is 4.31 Å². The fourth-order valence-electron chi connectivity index (χ4n) is 2.87. The van der Waals surface area contributed by atoms with Gasteiger partial charge in [0.05, 0.1) is 11.6 Å². The second kappa shape index (κ2) is 8.58. The number of rotatable bonds is 5. The number of benzene rings is 2. The summed E-state index contributed by atoms with van der Waals surface area (Å²) in [4.78, 5) is 14.1. The summed E-state index contributed by atoms with van der Waals surface area (Å²) >= 11 is 12.0. The molecular weight excluding hydrogens is 409 g/mol. The first-order valence-corrected chi connectivity index (χ1v) is 10.6. The number of sulfonamides is 1. The predicted octanol–water partition coefficient (Wildman–Crippen LogP) is 2.94. The lowest BCUT2D eigenvalue weighted by Crippen LogP contribution is -2.50. The summed E-state index contributed by atoms with van der Waals surface area (Å²) in [5.74, 6) is -0.129. The van der Waals surface area contributed by atoms with Crippen LogP contribution in [0.1, 0.15) is 0 Å². The van der Waals surface area contributed by atoms with Crippen molar-refractivity contribution in [2.75, 3.05) is 38.0 Å². The van der Waals surface area contributed by atoms with Crippen LogP contribution in [0.2, 0.25) is 10.0 Å². The highest BCUT2D eigenvalue weighted by molar-refractivity contribution is 7.89. The van der Waals surface area contributed by atoms with Crippen molar-refractivity contribution < 1.29 is 13.2 Å². The molecule has 0 unspecified atom stereocenters. The molecule has 0 spiro atoms. The normalized spacial score (nSPS) is 16.2. The van der Waals surface area contributed by atoms with E-state index in [0.29, 0.717) is 18.1 Å². The number of halogens is 2. The van der Waals surface area contributed by atoms with Crippen molar-refractivity contribution in [3.8, 4) is 0 Å².